The highest BCUT2D eigenvalue weighted by atomic mass is 16.5. The van der Waals surface area contributed by atoms with E-state index in [2.05, 4.69) is 10.6 Å². The number of rotatable bonds is 4. The highest BCUT2D eigenvalue weighted by Gasteiger charge is 2.20. The van der Waals surface area contributed by atoms with Crippen molar-refractivity contribution in [2.24, 2.45) is 0 Å². The predicted molar refractivity (Wildman–Crippen MR) is 62.9 cm³/mol. The van der Waals surface area contributed by atoms with E-state index >= 15 is 0 Å². The number of carbonyl (C=O) groups excluding carboxylic acids is 1. The minimum atomic E-state index is 0.0708. The van der Waals surface area contributed by atoms with Crippen LogP contribution in [0, 0.1) is 0 Å². The zero-order valence-electron chi connectivity index (χ0n) is 9.69. The van der Waals surface area contributed by atoms with Gasteiger partial charge in [0.25, 0.3) is 0 Å². The maximum Gasteiger partial charge on any atom is 0.221 e. The molecule has 92 valence electrons. The summed E-state index contributed by atoms with van der Waals surface area (Å²) < 4.78 is 5.01. The molecule has 1 fully saturated rings. The molecule has 1 aromatic rings. The van der Waals surface area contributed by atoms with Crippen LogP contribution in [0.15, 0.2) is 18.2 Å². The zero-order chi connectivity index (χ0) is 12.3. The Hall–Kier alpha value is -1.75. The summed E-state index contributed by atoms with van der Waals surface area (Å²) in [5, 5.41) is 15.7. The van der Waals surface area contributed by atoms with Gasteiger partial charge in [-0.05, 0) is 6.07 Å². The molecule has 0 aliphatic carbocycles. The smallest absolute Gasteiger partial charge is 0.221 e. The van der Waals surface area contributed by atoms with E-state index in [0.717, 1.165) is 5.56 Å². The molecule has 17 heavy (non-hydrogen) atoms. The third-order valence-electron chi connectivity index (χ3n) is 2.85. The van der Waals surface area contributed by atoms with Crippen LogP contribution in [0.2, 0.25) is 0 Å². The van der Waals surface area contributed by atoms with E-state index in [1.165, 1.54) is 0 Å². The fourth-order valence-electron chi connectivity index (χ4n) is 1.82. The van der Waals surface area contributed by atoms with E-state index in [4.69, 9.17) is 4.74 Å². The number of methoxy groups -OCH3 is 1. The van der Waals surface area contributed by atoms with Crippen molar-refractivity contribution in [3.8, 4) is 11.5 Å². The molecule has 5 heteroatoms. The predicted octanol–water partition coefficient (Wildman–Crippen LogP) is 0.379. The average molecular weight is 236 g/mol. The van der Waals surface area contributed by atoms with Crippen molar-refractivity contribution in [2.45, 2.75) is 19.0 Å². The third-order valence-corrected chi connectivity index (χ3v) is 2.85. The lowest BCUT2D eigenvalue weighted by molar-refractivity contribution is -0.119. The number of hydrogen-bond donors (Lipinski definition) is 3. The third kappa shape index (κ3) is 2.88. The van der Waals surface area contributed by atoms with Crippen molar-refractivity contribution < 1.29 is 14.6 Å². The normalized spacial score (nSPS) is 19.1. The van der Waals surface area contributed by atoms with E-state index in [1.807, 2.05) is 6.07 Å². The molecular formula is C12H16N2O3. The molecule has 0 bridgehead atoms. The van der Waals surface area contributed by atoms with E-state index in [9.17, 15) is 9.90 Å². The van der Waals surface area contributed by atoms with E-state index in [0.29, 0.717) is 25.3 Å². The fraction of sp³-hybridized carbons (Fsp3) is 0.417. The Morgan fingerprint density at radius 2 is 2.41 bits per heavy atom. The lowest BCUT2D eigenvalue weighted by Crippen LogP contribution is -2.30. The van der Waals surface area contributed by atoms with Crippen molar-refractivity contribution >= 4 is 5.91 Å². The zero-order valence-corrected chi connectivity index (χ0v) is 9.69. The summed E-state index contributed by atoms with van der Waals surface area (Å²) >= 11 is 0. The van der Waals surface area contributed by atoms with Gasteiger partial charge in [0.15, 0.2) is 0 Å². The average Bonchev–Trinajstić information content (AvgIpc) is 2.73. The first-order chi connectivity index (χ1) is 8.19. The van der Waals surface area contributed by atoms with Crippen LogP contribution in [0.5, 0.6) is 11.5 Å². The SMILES string of the molecule is COc1ccc(CNC2CNC(=O)C2)c(O)c1. The molecule has 0 radical (unpaired) electrons. The van der Waals surface area contributed by atoms with Crippen LogP contribution in [-0.4, -0.2) is 30.7 Å². The fourth-order valence-corrected chi connectivity index (χ4v) is 1.82. The van der Waals surface area contributed by atoms with E-state index in [1.54, 1.807) is 19.2 Å². The number of amides is 1. The number of phenolic OH excluding ortho intramolecular Hbond substituents is 1. The highest BCUT2D eigenvalue weighted by Crippen LogP contribution is 2.23. The van der Waals surface area contributed by atoms with Gasteiger partial charge in [-0.2, -0.15) is 0 Å². The van der Waals surface area contributed by atoms with Crippen LogP contribution < -0.4 is 15.4 Å². The van der Waals surface area contributed by atoms with Crippen molar-refractivity contribution in [1.82, 2.24) is 10.6 Å². The first-order valence-electron chi connectivity index (χ1n) is 5.55. The summed E-state index contributed by atoms with van der Waals surface area (Å²) in [5.41, 5.74) is 0.796. The molecule has 2 rings (SSSR count). The van der Waals surface area contributed by atoms with E-state index < -0.39 is 0 Å². The second-order valence-corrected chi connectivity index (χ2v) is 4.08. The van der Waals surface area contributed by atoms with Crippen LogP contribution in [0.4, 0.5) is 0 Å². The number of nitrogens with one attached hydrogen (secondary N) is 2. The standard InChI is InChI=1S/C12H16N2O3/c1-17-10-3-2-8(11(15)5-10)6-13-9-4-12(16)14-7-9/h2-3,5,9,13,15H,4,6-7H2,1H3,(H,14,16). The van der Waals surface area contributed by atoms with Gasteiger partial charge in [0, 0.05) is 37.2 Å². The molecule has 1 heterocycles. The first kappa shape index (κ1) is 11.7. The van der Waals surface area contributed by atoms with Crippen LogP contribution in [0.1, 0.15) is 12.0 Å². The Labute approximate surface area is 99.8 Å². The van der Waals surface area contributed by atoms with Crippen LogP contribution >= 0.6 is 0 Å². The van der Waals surface area contributed by atoms with Gasteiger partial charge in [-0.1, -0.05) is 6.07 Å². The topological polar surface area (TPSA) is 70.6 Å². The maximum atomic E-state index is 11.0. The first-order valence-corrected chi connectivity index (χ1v) is 5.55. The molecule has 1 amide bonds. The van der Waals surface area contributed by atoms with Crippen molar-refractivity contribution in [3.63, 3.8) is 0 Å². The highest BCUT2D eigenvalue weighted by molar-refractivity contribution is 5.78. The largest absolute Gasteiger partial charge is 0.507 e. The molecule has 5 nitrogen and oxygen atoms in total. The molecule has 0 aromatic heterocycles. The molecule has 1 saturated heterocycles. The summed E-state index contributed by atoms with van der Waals surface area (Å²) in [4.78, 5) is 11.0. The molecule has 0 spiro atoms. The van der Waals surface area contributed by atoms with Gasteiger partial charge in [0.05, 0.1) is 7.11 Å². The molecule has 1 aliphatic rings. The molecule has 1 atom stereocenters. The van der Waals surface area contributed by atoms with Gasteiger partial charge in [-0.15, -0.1) is 0 Å². The van der Waals surface area contributed by atoms with Crippen LogP contribution in [0.3, 0.4) is 0 Å². The molecule has 1 aliphatic heterocycles. The second-order valence-electron chi connectivity index (χ2n) is 4.08. The minimum absolute atomic E-state index is 0.0708. The quantitative estimate of drug-likeness (QED) is 0.706. The van der Waals surface area contributed by atoms with Gasteiger partial charge >= 0.3 is 0 Å². The molecule has 1 unspecified atom stereocenters. The second kappa shape index (κ2) is 5.05. The number of benzene rings is 1. The minimum Gasteiger partial charge on any atom is -0.507 e. The lowest BCUT2D eigenvalue weighted by atomic mass is 10.1. The van der Waals surface area contributed by atoms with Crippen LogP contribution in [0.25, 0.3) is 0 Å². The monoisotopic (exact) mass is 236 g/mol. The number of hydrogen-bond acceptors (Lipinski definition) is 4. The maximum absolute atomic E-state index is 11.0. The van der Waals surface area contributed by atoms with Crippen molar-refractivity contribution in [1.29, 1.82) is 0 Å². The lowest BCUT2D eigenvalue weighted by Gasteiger charge is -2.11. The molecule has 1 aromatic carbocycles. The van der Waals surface area contributed by atoms with E-state index in [-0.39, 0.29) is 17.7 Å². The number of phenols is 1. The Kier molecular flexibility index (Phi) is 3.49. The Morgan fingerprint density at radius 1 is 1.59 bits per heavy atom. The van der Waals surface area contributed by atoms with Crippen molar-refractivity contribution in [2.75, 3.05) is 13.7 Å². The summed E-state index contributed by atoms with van der Waals surface area (Å²) in [5.74, 6) is 0.902. The Bertz CT molecular complexity index is 420. The van der Waals surface area contributed by atoms with Gasteiger partial charge in [-0.3, -0.25) is 4.79 Å². The number of carbonyl (C=O) groups is 1. The van der Waals surface area contributed by atoms with Gasteiger partial charge in [-0.25, -0.2) is 0 Å². The Morgan fingerprint density at radius 3 is 3.00 bits per heavy atom. The van der Waals surface area contributed by atoms with Gasteiger partial charge < -0.3 is 20.5 Å². The van der Waals surface area contributed by atoms with Gasteiger partial charge in [0.2, 0.25) is 5.91 Å². The molecule has 3 N–H and O–H groups in total. The number of aromatic hydroxyl groups is 1. The Balaban J connectivity index is 1.92. The molecular weight excluding hydrogens is 220 g/mol. The summed E-state index contributed by atoms with van der Waals surface area (Å²) in [6, 6.07) is 5.33. The number of ether oxygens (including phenoxy) is 1. The summed E-state index contributed by atoms with van der Waals surface area (Å²) in [6.45, 7) is 1.19. The van der Waals surface area contributed by atoms with Crippen molar-refractivity contribution in [3.05, 3.63) is 23.8 Å². The summed E-state index contributed by atoms with van der Waals surface area (Å²) in [6.07, 6.45) is 0.497. The summed E-state index contributed by atoms with van der Waals surface area (Å²) in [7, 11) is 1.56. The molecule has 0 saturated carbocycles. The van der Waals surface area contributed by atoms with Crippen LogP contribution in [-0.2, 0) is 11.3 Å². The van der Waals surface area contributed by atoms with Gasteiger partial charge in [0.1, 0.15) is 11.5 Å².